The fourth-order valence-electron chi connectivity index (χ4n) is 1.21. The van der Waals surface area contributed by atoms with Crippen molar-refractivity contribution in [2.24, 2.45) is 5.92 Å². The molecule has 0 aromatic heterocycles. The van der Waals surface area contributed by atoms with Crippen LogP contribution in [0.2, 0.25) is 0 Å². The number of halogens is 1. The van der Waals surface area contributed by atoms with Gasteiger partial charge in [-0.1, -0.05) is 29.8 Å². The number of rotatable bonds is 4. The standard InChI is InChI=1S/C12H15BrN2O/c1-8(2)12(16)7-15-11-4-3-10(13)5-9(11)6-14/h3-5,8,12,15-16H,7H2,1-2H3. The highest BCUT2D eigenvalue weighted by atomic mass is 79.9. The predicted octanol–water partition coefficient (Wildman–Crippen LogP) is 2.75. The average molecular weight is 283 g/mol. The van der Waals surface area contributed by atoms with Gasteiger partial charge in [0.25, 0.3) is 0 Å². The molecule has 0 bridgehead atoms. The second kappa shape index (κ2) is 5.88. The van der Waals surface area contributed by atoms with Crippen molar-refractivity contribution >= 4 is 21.6 Å². The van der Waals surface area contributed by atoms with Gasteiger partial charge in [0.15, 0.2) is 0 Å². The third-order valence-electron chi connectivity index (χ3n) is 2.37. The molecule has 86 valence electrons. The van der Waals surface area contributed by atoms with Crippen LogP contribution in [0, 0.1) is 17.2 Å². The van der Waals surface area contributed by atoms with E-state index < -0.39 is 6.10 Å². The Labute approximate surface area is 104 Å². The number of aliphatic hydroxyl groups is 1. The van der Waals surface area contributed by atoms with Crippen LogP contribution >= 0.6 is 15.9 Å². The van der Waals surface area contributed by atoms with E-state index in [2.05, 4.69) is 27.3 Å². The SMILES string of the molecule is CC(C)C(O)CNc1ccc(Br)cc1C#N. The van der Waals surface area contributed by atoms with Crippen LogP contribution in [0.5, 0.6) is 0 Å². The fourth-order valence-corrected chi connectivity index (χ4v) is 1.57. The third-order valence-corrected chi connectivity index (χ3v) is 2.87. The van der Waals surface area contributed by atoms with Crippen LogP contribution in [-0.2, 0) is 0 Å². The van der Waals surface area contributed by atoms with Gasteiger partial charge < -0.3 is 10.4 Å². The highest BCUT2D eigenvalue weighted by Crippen LogP contribution is 2.20. The zero-order valence-corrected chi connectivity index (χ0v) is 11.0. The Morgan fingerprint density at radius 3 is 2.75 bits per heavy atom. The number of hydrogen-bond acceptors (Lipinski definition) is 3. The van der Waals surface area contributed by atoms with Gasteiger partial charge in [-0.15, -0.1) is 0 Å². The molecule has 1 unspecified atom stereocenters. The van der Waals surface area contributed by atoms with E-state index in [1.807, 2.05) is 26.0 Å². The number of aliphatic hydroxyl groups excluding tert-OH is 1. The maximum absolute atomic E-state index is 9.65. The molecule has 0 heterocycles. The summed E-state index contributed by atoms with van der Waals surface area (Å²) in [7, 11) is 0. The van der Waals surface area contributed by atoms with E-state index in [-0.39, 0.29) is 5.92 Å². The summed E-state index contributed by atoms with van der Waals surface area (Å²) in [5.41, 5.74) is 1.33. The van der Waals surface area contributed by atoms with Crippen molar-refractivity contribution < 1.29 is 5.11 Å². The largest absolute Gasteiger partial charge is 0.391 e. The molecule has 0 saturated heterocycles. The Hall–Kier alpha value is -1.05. The van der Waals surface area contributed by atoms with E-state index in [1.165, 1.54) is 0 Å². The number of anilines is 1. The van der Waals surface area contributed by atoms with Gasteiger partial charge in [0.2, 0.25) is 0 Å². The van der Waals surface area contributed by atoms with Crippen molar-refractivity contribution in [3.05, 3.63) is 28.2 Å². The van der Waals surface area contributed by atoms with Crippen LogP contribution in [0.25, 0.3) is 0 Å². The molecule has 0 saturated carbocycles. The molecule has 0 spiro atoms. The molecule has 0 amide bonds. The molecule has 4 heteroatoms. The van der Waals surface area contributed by atoms with Gasteiger partial charge in [-0.3, -0.25) is 0 Å². The normalized spacial score (nSPS) is 12.2. The first-order chi connectivity index (χ1) is 7.54. The molecule has 1 atom stereocenters. The lowest BCUT2D eigenvalue weighted by Crippen LogP contribution is -2.25. The molecule has 3 nitrogen and oxygen atoms in total. The first kappa shape index (κ1) is 13.0. The van der Waals surface area contributed by atoms with Crippen molar-refractivity contribution in [2.45, 2.75) is 20.0 Å². The van der Waals surface area contributed by atoms with Crippen LogP contribution in [0.15, 0.2) is 22.7 Å². The minimum atomic E-state index is -0.407. The molecule has 0 aliphatic rings. The lowest BCUT2D eigenvalue weighted by Gasteiger charge is -2.16. The zero-order chi connectivity index (χ0) is 12.1. The molecule has 0 aliphatic heterocycles. The molecule has 1 aromatic carbocycles. The summed E-state index contributed by atoms with van der Waals surface area (Å²) >= 11 is 3.31. The van der Waals surface area contributed by atoms with Crippen LogP contribution in [0.3, 0.4) is 0 Å². The maximum Gasteiger partial charge on any atom is 0.101 e. The molecule has 0 radical (unpaired) electrons. The van der Waals surface area contributed by atoms with Gasteiger partial charge >= 0.3 is 0 Å². The molecule has 2 N–H and O–H groups in total. The number of benzene rings is 1. The van der Waals surface area contributed by atoms with Gasteiger partial charge in [-0.05, 0) is 24.1 Å². The number of nitrogens with one attached hydrogen (secondary N) is 1. The number of hydrogen-bond donors (Lipinski definition) is 2. The van der Waals surface area contributed by atoms with Gasteiger partial charge in [0, 0.05) is 11.0 Å². The van der Waals surface area contributed by atoms with Gasteiger partial charge in [-0.25, -0.2) is 0 Å². The second-order valence-electron chi connectivity index (χ2n) is 3.99. The van der Waals surface area contributed by atoms with Gasteiger partial charge in [0.1, 0.15) is 6.07 Å². The molecule has 0 aliphatic carbocycles. The first-order valence-corrected chi connectivity index (χ1v) is 5.95. The van der Waals surface area contributed by atoms with Crippen molar-refractivity contribution in [2.75, 3.05) is 11.9 Å². The molecule has 1 aromatic rings. The van der Waals surface area contributed by atoms with Gasteiger partial charge in [-0.2, -0.15) is 5.26 Å². The summed E-state index contributed by atoms with van der Waals surface area (Å²) in [5, 5.41) is 21.7. The van der Waals surface area contributed by atoms with Crippen LogP contribution in [0.4, 0.5) is 5.69 Å². The molecular formula is C12H15BrN2O. The zero-order valence-electron chi connectivity index (χ0n) is 9.37. The maximum atomic E-state index is 9.65. The fraction of sp³-hybridized carbons (Fsp3) is 0.417. The Balaban J connectivity index is 2.71. The van der Waals surface area contributed by atoms with E-state index in [4.69, 9.17) is 5.26 Å². The molecule has 1 rings (SSSR count). The van der Waals surface area contributed by atoms with E-state index in [1.54, 1.807) is 6.07 Å². The summed E-state index contributed by atoms with van der Waals surface area (Å²) in [5.74, 6) is 0.202. The quantitative estimate of drug-likeness (QED) is 0.893. The highest BCUT2D eigenvalue weighted by molar-refractivity contribution is 9.10. The molecule has 16 heavy (non-hydrogen) atoms. The predicted molar refractivity (Wildman–Crippen MR) is 68.2 cm³/mol. The number of nitriles is 1. The van der Waals surface area contributed by atoms with Crippen LogP contribution in [-0.4, -0.2) is 17.8 Å². The summed E-state index contributed by atoms with van der Waals surface area (Å²) in [6.45, 7) is 4.37. The van der Waals surface area contributed by atoms with E-state index in [9.17, 15) is 5.11 Å². The topological polar surface area (TPSA) is 56.0 Å². The van der Waals surface area contributed by atoms with Crippen LogP contribution < -0.4 is 5.32 Å². The summed E-state index contributed by atoms with van der Waals surface area (Å²) in [6, 6.07) is 7.56. The van der Waals surface area contributed by atoms with E-state index >= 15 is 0 Å². The Bertz CT molecular complexity index is 398. The van der Waals surface area contributed by atoms with Crippen molar-refractivity contribution in [1.29, 1.82) is 5.26 Å². The minimum Gasteiger partial charge on any atom is -0.391 e. The Kier molecular flexibility index (Phi) is 4.78. The summed E-state index contributed by atoms with van der Waals surface area (Å²) < 4.78 is 0.874. The average Bonchev–Trinajstić information content (AvgIpc) is 2.26. The van der Waals surface area contributed by atoms with Crippen molar-refractivity contribution in [3.8, 4) is 6.07 Å². The van der Waals surface area contributed by atoms with Crippen molar-refractivity contribution in [1.82, 2.24) is 0 Å². The summed E-state index contributed by atoms with van der Waals surface area (Å²) in [6.07, 6.45) is -0.407. The van der Waals surface area contributed by atoms with Crippen LogP contribution in [0.1, 0.15) is 19.4 Å². The lowest BCUT2D eigenvalue weighted by atomic mass is 10.1. The Morgan fingerprint density at radius 2 is 2.19 bits per heavy atom. The summed E-state index contributed by atoms with van der Waals surface area (Å²) in [4.78, 5) is 0. The third kappa shape index (κ3) is 3.51. The second-order valence-corrected chi connectivity index (χ2v) is 4.91. The minimum absolute atomic E-state index is 0.202. The smallest absolute Gasteiger partial charge is 0.101 e. The van der Waals surface area contributed by atoms with E-state index in [0.717, 1.165) is 10.2 Å². The highest BCUT2D eigenvalue weighted by Gasteiger charge is 2.09. The first-order valence-electron chi connectivity index (χ1n) is 5.16. The number of nitrogens with zero attached hydrogens (tertiary/aromatic N) is 1. The molecular weight excluding hydrogens is 268 g/mol. The lowest BCUT2D eigenvalue weighted by molar-refractivity contribution is 0.138. The Morgan fingerprint density at radius 1 is 1.50 bits per heavy atom. The van der Waals surface area contributed by atoms with Crippen molar-refractivity contribution in [3.63, 3.8) is 0 Å². The monoisotopic (exact) mass is 282 g/mol. The molecule has 0 fully saturated rings. The van der Waals surface area contributed by atoms with Gasteiger partial charge in [0.05, 0.1) is 17.4 Å². The van der Waals surface area contributed by atoms with E-state index in [0.29, 0.717) is 12.1 Å².